The number of hydrogen-bond donors (Lipinski definition) is 0. The van der Waals surface area contributed by atoms with Crippen LogP contribution in [0.3, 0.4) is 0 Å². The molecule has 1 rings (SSSR count). The second-order valence-electron chi connectivity index (χ2n) is 4.54. The van der Waals surface area contributed by atoms with Gasteiger partial charge in [0.2, 0.25) is 0 Å². The van der Waals surface area contributed by atoms with Crippen molar-refractivity contribution in [3.8, 4) is 5.75 Å². The van der Waals surface area contributed by atoms with Gasteiger partial charge in [0.05, 0.1) is 6.61 Å². The van der Waals surface area contributed by atoms with E-state index in [1.54, 1.807) is 0 Å². The van der Waals surface area contributed by atoms with Crippen molar-refractivity contribution >= 4 is 0 Å². The molecule has 0 heterocycles. The maximum Gasteiger partial charge on any atom is 0.122 e. The molecular formula is C14H22O. The largest absolute Gasteiger partial charge is 0.494 e. The summed E-state index contributed by atoms with van der Waals surface area (Å²) in [5, 5.41) is 0. The van der Waals surface area contributed by atoms with E-state index in [4.69, 9.17) is 4.74 Å². The average molecular weight is 206 g/mol. The number of rotatable bonds is 4. The summed E-state index contributed by atoms with van der Waals surface area (Å²) in [4.78, 5) is 0. The van der Waals surface area contributed by atoms with Crippen LogP contribution >= 0.6 is 0 Å². The smallest absolute Gasteiger partial charge is 0.122 e. The Morgan fingerprint density at radius 1 is 1.07 bits per heavy atom. The highest BCUT2D eigenvalue weighted by Crippen LogP contribution is 2.29. The van der Waals surface area contributed by atoms with Gasteiger partial charge in [-0.1, -0.05) is 39.8 Å². The molecule has 0 fully saturated rings. The monoisotopic (exact) mass is 206 g/mol. The molecule has 0 aromatic heterocycles. The first kappa shape index (κ1) is 12.1. The Morgan fingerprint density at radius 2 is 1.73 bits per heavy atom. The standard InChI is InChI=1S/C14H22O/c1-6-15-14-8-7-12(10(2)3)9-13(14)11(4)5/h7-11H,6H2,1-5H3. The first-order valence-electron chi connectivity index (χ1n) is 5.82. The molecule has 0 saturated heterocycles. The van der Waals surface area contributed by atoms with Gasteiger partial charge in [0.15, 0.2) is 0 Å². The van der Waals surface area contributed by atoms with Gasteiger partial charge in [-0.25, -0.2) is 0 Å². The predicted molar refractivity (Wildman–Crippen MR) is 65.8 cm³/mol. The summed E-state index contributed by atoms with van der Waals surface area (Å²) in [6, 6.07) is 6.55. The van der Waals surface area contributed by atoms with E-state index in [0.717, 1.165) is 12.4 Å². The molecule has 1 aromatic rings. The first-order valence-corrected chi connectivity index (χ1v) is 5.82. The van der Waals surface area contributed by atoms with Gasteiger partial charge >= 0.3 is 0 Å². The summed E-state index contributed by atoms with van der Waals surface area (Å²) in [7, 11) is 0. The summed E-state index contributed by atoms with van der Waals surface area (Å²) in [6.45, 7) is 11.6. The number of ether oxygens (including phenoxy) is 1. The Hall–Kier alpha value is -0.980. The molecule has 0 unspecified atom stereocenters. The van der Waals surface area contributed by atoms with Crippen LogP contribution in [-0.2, 0) is 0 Å². The van der Waals surface area contributed by atoms with E-state index in [1.165, 1.54) is 11.1 Å². The summed E-state index contributed by atoms with van der Waals surface area (Å²) in [5.74, 6) is 2.14. The molecule has 0 aliphatic heterocycles. The van der Waals surface area contributed by atoms with Crippen LogP contribution in [0.15, 0.2) is 18.2 Å². The molecule has 0 saturated carbocycles. The molecule has 0 spiro atoms. The van der Waals surface area contributed by atoms with Crippen molar-refractivity contribution in [1.82, 2.24) is 0 Å². The minimum absolute atomic E-state index is 0.519. The summed E-state index contributed by atoms with van der Waals surface area (Å²) >= 11 is 0. The van der Waals surface area contributed by atoms with Crippen molar-refractivity contribution in [2.24, 2.45) is 0 Å². The predicted octanol–water partition coefficient (Wildman–Crippen LogP) is 4.33. The average Bonchev–Trinajstić information content (AvgIpc) is 2.18. The highest BCUT2D eigenvalue weighted by atomic mass is 16.5. The van der Waals surface area contributed by atoms with Crippen molar-refractivity contribution in [3.05, 3.63) is 29.3 Å². The third-order valence-corrected chi connectivity index (χ3v) is 2.62. The SMILES string of the molecule is CCOc1ccc(C(C)C)cc1C(C)C. The van der Waals surface area contributed by atoms with E-state index in [0.29, 0.717) is 11.8 Å². The van der Waals surface area contributed by atoms with E-state index >= 15 is 0 Å². The van der Waals surface area contributed by atoms with Crippen LogP contribution < -0.4 is 4.74 Å². The highest BCUT2D eigenvalue weighted by Gasteiger charge is 2.10. The minimum Gasteiger partial charge on any atom is -0.494 e. The van der Waals surface area contributed by atoms with Crippen molar-refractivity contribution in [3.63, 3.8) is 0 Å². The lowest BCUT2D eigenvalue weighted by molar-refractivity contribution is 0.335. The van der Waals surface area contributed by atoms with Crippen LogP contribution in [0.25, 0.3) is 0 Å². The Bertz CT molecular complexity index is 313. The Kier molecular flexibility index (Phi) is 4.19. The second-order valence-corrected chi connectivity index (χ2v) is 4.54. The van der Waals surface area contributed by atoms with Crippen LogP contribution in [0.1, 0.15) is 57.6 Å². The summed E-state index contributed by atoms with van der Waals surface area (Å²) in [6.07, 6.45) is 0. The lowest BCUT2D eigenvalue weighted by Gasteiger charge is -2.16. The third kappa shape index (κ3) is 2.98. The van der Waals surface area contributed by atoms with E-state index in [1.807, 2.05) is 6.92 Å². The van der Waals surface area contributed by atoms with Gasteiger partial charge in [0.1, 0.15) is 5.75 Å². The van der Waals surface area contributed by atoms with E-state index in [-0.39, 0.29) is 0 Å². The lowest BCUT2D eigenvalue weighted by atomic mass is 9.95. The normalized spacial score (nSPS) is 11.1. The molecule has 0 N–H and O–H groups in total. The highest BCUT2D eigenvalue weighted by molar-refractivity contribution is 5.40. The Morgan fingerprint density at radius 3 is 2.20 bits per heavy atom. The molecular weight excluding hydrogens is 184 g/mol. The van der Waals surface area contributed by atoms with Gasteiger partial charge in [-0.2, -0.15) is 0 Å². The van der Waals surface area contributed by atoms with Crippen LogP contribution in [0.5, 0.6) is 5.75 Å². The second kappa shape index (κ2) is 5.20. The van der Waals surface area contributed by atoms with Gasteiger partial charge in [-0.3, -0.25) is 0 Å². The molecule has 1 aromatic carbocycles. The van der Waals surface area contributed by atoms with Gasteiger partial charge in [0.25, 0.3) is 0 Å². The zero-order valence-corrected chi connectivity index (χ0v) is 10.5. The molecule has 0 bridgehead atoms. The van der Waals surface area contributed by atoms with Crippen molar-refractivity contribution in [2.75, 3.05) is 6.61 Å². The molecule has 84 valence electrons. The zero-order valence-electron chi connectivity index (χ0n) is 10.5. The molecule has 1 nitrogen and oxygen atoms in total. The number of hydrogen-bond acceptors (Lipinski definition) is 1. The molecule has 0 amide bonds. The van der Waals surface area contributed by atoms with Crippen LogP contribution in [0, 0.1) is 0 Å². The van der Waals surface area contributed by atoms with Gasteiger partial charge < -0.3 is 4.74 Å². The van der Waals surface area contributed by atoms with Crippen molar-refractivity contribution in [1.29, 1.82) is 0 Å². The molecule has 0 aliphatic carbocycles. The Balaban J connectivity index is 3.09. The Labute approximate surface area is 93.5 Å². The van der Waals surface area contributed by atoms with Gasteiger partial charge in [0, 0.05) is 0 Å². The fourth-order valence-electron chi connectivity index (χ4n) is 1.66. The van der Waals surface area contributed by atoms with Gasteiger partial charge in [-0.15, -0.1) is 0 Å². The minimum atomic E-state index is 0.519. The van der Waals surface area contributed by atoms with E-state index < -0.39 is 0 Å². The lowest BCUT2D eigenvalue weighted by Crippen LogP contribution is -2.00. The molecule has 0 atom stereocenters. The summed E-state index contributed by atoms with van der Waals surface area (Å²) in [5.41, 5.74) is 2.71. The van der Waals surface area contributed by atoms with E-state index in [9.17, 15) is 0 Å². The quantitative estimate of drug-likeness (QED) is 0.712. The topological polar surface area (TPSA) is 9.23 Å². The van der Waals surface area contributed by atoms with Crippen molar-refractivity contribution in [2.45, 2.75) is 46.5 Å². The van der Waals surface area contributed by atoms with E-state index in [2.05, 4.69) is 45.9 Å². The van der Waals surface area contributed by atoms with Crippen LogP contribution in [0.4, 0.5) is 0 Å². The molecule has 15 heavy (non-hydrogen) atoms. The molecule has 1 heteroatoms. The zero-order chi connectivity index (χ0) is 11.4. The first-order chi connectivity index (χ1) is 7.06. The van der Waals surface area contributed by atoms with Crippen LogP contribution in [-0.4, -0.2) is 6.61 Å². The van der Waals surface area contributed by atoms with Crippen LogP contribution in [0.2, 0.25) is 0 Å². The number of benzene rings is 1. The fraction of sp³-hybridized carbons (Fsp3) is 0.571. The third-order valence-electron chi connectivity index (χ3n) is 2.62. The maximum atomic E-state index is 5.63. The fourth-order valence-corrected chi connectivity index (χ4v) is 1.66. The molecule has 0 aliphatic rings. The molecule has 0 radical (unpaired) electrons. The summed E-state index contributed by atoms with van der Waals surface area (Å²) < 4.78 is 5.63. The van der Waals surface area contributed by atoms with Crippen molar-refractivity contribution < 1.29 is 4.74 Å². The maximum absolute atomic E-state index is 5.63. The van der Waals surface area contributed by atoms with Gasteiger partial charge in [-0.05, 0) is 36.0 Å².